The Bertz CT molecular complexity index is 1880. The van der Waals surface area contributed by atoms with Crippen LogP contribution < -0.4 is 54.0 Å². The first-order valence-corrected chi connectivity index (χ1v) is 23.6. The molecule has 1 aliphatic heterocycles. The van der Waals surface area contributed by atoms with Crippen LogP contribution in [0.3, 0.4) is 0 Å². The van der Waals surface area contributed by atoms with Crippen molar-refractivity contribution in [1.29, 1.82) is 0 Å². The van der Waals surface area contributed by atoms with Crippen molar-refractivity contribution in [3.63, 3.8) is 0 Å². The molecule has 10 amide bonds. The zero-order valence-electron chi connectivity index (χ0n) is 41.8. The number of amides is 10. The number of carboxylic acid groups (broad SMARTS) is 1. The average molecular weight is 996 g/mol. The van der Waals surface area contributed by atoms with Crippen molar-refractivity contribution in [2.75, 3.05) is 39.8 Å². The fraction of sp³-hybridized carbons (Fsp3) is 0.727. The molecule has 0 saturated carbocycles. The number of carboxylic acids is 1. The van der Waals surface area contributed by atoms with Gasteiger partial charge in [-0.1, -0.05) is 41.0 Å². The number of aliphatic hydroxyl groups is 1. The van der Waals surface area contributed by atoms with Gasteiger partial charge >= 0.3 is 5.97 Å². The van der Waals surface area contributed by atoms with Gasteiger partial charge in [0.05, 0.1) is 25.6 Å². The maximum absolute atomic E-state index is 13.9. The number of guanidine groups is 1. The number of aliphatic imine (C=N–C) groups is 1. The van der Waals surface area contributed by atoms with Crippen molar-refractivity contribution < 1.29 is 63.0 Å². The van der Waals surface area contributed by atoms with Crippen LogP contribution in [0.1, 0.15) is 107 Å². The van der Waals surface area contributed by atoms with Crippen LogP contribution in [0.4, 0.5) is 0 Å². The Morgan fingerprint density at radius 2 is 1.30 bits per heavy atom. The molecule has 1 fully saturated rings. The highest BCUT2D eigenvalue weighted by Crippen LogP contribution is 2.20. The normalized spacial score (nSPS) is 16.2. The van der Waals surface area contributed by atoms with Gasteiger partial charge in [-0.05, 0) is 64.2 Å². The third-order valence-corrected chi connectivity index (χ3v) is 11.0. The molecule has 26 heteroatoms. The third kappa shape index (κ3) is 21.8. The minimum atomic E-state index is -1.78. The van der Waals surface area contributed by atoms with Crippen molar-refractivity contribution >= 4 is 71.0 Å². The number of carbonyl (C=O) groups is 11. The van der Waals surface area contributed by atoms with Gasteiger partial charge in [-0.3, -0.25) is 57.7 Å². The topological polar surface area (TPSA) is 395 Å². The summed E-state index contributed by atoms with van der Waals surface area (Å²) in [6.45, 7) is 12.4. The zero-order chi connectivity index (χ0) is 53.4. The lowest BCUT2D eigenvalue weighted by molar-refractivity contribution is -0.143. The number of likely N-dealkylation sites (tertiary alicyclic amines) is 1. The van der Waals surface area contributed by atoms with Gasteiger partial charge in [0.25, 0.3) is 0 Å². The smallest absolute Gasteiger partial charge is 0.305 e. The quantitative estimate of drug-likeness (QED) is 0.0186. The summed E-state index contributed by atoms with van der Waals surface area (Å²) < 4.78 is 0. The number of rotatable bonds is 30. The summed E-state index contributed by atoms with van der Waals surface area (Å²) >= 11 is 0. The van der Waals surface area contributed by atoms with E-state index in [1.807, 2.05) is 0 Å². The van der Waals surface area contributed by atoms with E-state index < -0.39 is 121 Å². The second-order valence-corrected chi connectivity index (χ2v) is 18.0. The summed E-state index contributed by atoms with van der Waals surface area (Å²) in [6.07, 6.45) is -1.24. The standard InChI is InChI=1S/C44H77N13O13/c1-10-14-27(37(64)52-30(20-34(62)63)38(65)51-28(15-12-17-48-44(45)46)43(70)57-18-13-16-31(57)40(67)47-11-2)50-42(69)36(25(7)58)55-39(66)29(19-23(3)4)53-41(68)35(24(5)6)54-32(60)21-49-33(61)22-56(9)26(8)59/h23-25,27-31,35-36,58H,10-22H2,1-9H3,(H,47,67)(H,49,61)(H,50,69)(H,51,65)(H,52,64)(H,53,68)(H,54,60)(H,55,66)(H,62,63)(H4,45,46,48)/t25-,27+,28+,29-,30+,31+,35+,36+/m1/s1. The minimum absolute atomic E-state index is 0.0325. The summed E-state index contributed by atoms with van der Waals surface area (Å²) in [5.41, 5.74) is 10.9. The molecule has 0 unspecified atom stereocenters. The van der Waals surface area contributed by atoms with Gasteiger partial charge in [-0.25, -0.2) is 0 Å². The van der Waals surface area contributed by atoms with Gasteiger partial charge in [0.1, 0.15) is 42.3 Å². The van der Waals surface area contributed by atoms with E-state index >= 15 is 0 Å². The maximum Gasteiger partial charge on any atom is 0.305 e. The molecule has 8 atom stereocenters. The molecular formula is C44H77N13O13. The Morgan fingerprint density at radius 3 is 1.84 bits per heavy atom. The Morgan fingerprint density at radius 1 is 0.729 bits per heavy atom. The molecule has 14 N–H and O–H groups in total. The first kappa shape index (κ1) is 61.4. The molecule has 1 heterocycles. The van der Waals surface area contributed by atoms with Crippen molar-refractivity contribution in [1.82, 2.24) is 52.3 Å². The van der Waals surface area contributed by atoms with E-state index in [9.17, 15) is 63.0 Å². The van der Waals surface area contributed by atoms with Gasteiger partial charge < -0.3 is 74.0 Å². The number of nitrogens with one attached hydrogen (secondary N) is 8. The van der Waals surface area contributed by atoms with E-state index in [-0.39, 0.29) is 75.4 Å². The first-order chi connectivity index (χ1) is 32.7. The highest BCUT2D eigenvalue weighted by atomic mass is 16.4. The molecule has 0 radical (unpaired) electrons. The number of aliphatic carboxylic acids is 1. The van der Waals surface area contributed by atoms with E-state index in [1.54, 1.807) is 41.5 Å². The third-order valence-electron chi connectivity index (χ3n) is 11.0. The molecule has 1 rings (SSSR count). The second-order valence-electron chi connectivity index (χ2n) is 18.0. The lowest BCUT2D eigenvalue weighted by Crippen LogP contribution is -2.62. The predicted molar refractivity (Wildman–Crippen MR) is 254 cm³/mol. The van der Waals surface area contributed by atoms with Crippen LogP contribution in [-0.4, -0.2) is 179 Å². The van der Waals surface area contributed by atoms with Crippen molar-refractivity contribution in [3.8, 4) is 0 Å². The average Bonchev–Trinajstić information content (AvgIpc) is 3.76. The number of nitrogens with zero attached hydrogens (tertiary/aromatic N) is 3. The Labute approximate surface area is 408 Å². The molecule has 26 nitrogen and oxygen atoms in total. The minimum Gasteiger partial charge on any atom is -0.481 e. The van der Waals surface area contributed by atoms with Gasteiger partial charge in [0.2, 0.25) is 59.1 Å². The van der Waals surface area contributed by atoms with Crippen molar-refractivity contribution in [3.05, 3.63) is 0 Å². The van der Waals surface area contributed by atoms with Crippen LogP contribution >= 0.6 is 0 Å². The van der Waals surface area contributed by atoms with Crippen LogP contribution in [0.5, 0.6) is 0 Å². The van der Waals surface area contributed by atoms with E-state index in [0.29, 0.717) is 19.4 Å². The van der Waals surface area contributed by atoms with Crippen LogP contribution in [-0.2, 0) is 52.7 Å². The summed E-state index contributed by atoms with van der Waals surface area (Å²) in [6, 6.07) is -9.54. The molecule has 0 aromatic heterocycles. The largest absolute Gasteiger partial charge is 0.481 e. The maximum atomic E-state index is 13.9. The fourth-order valence-electron chi connectivity index (χ4n) is 7.25. The van der Waals surface area contributed by atoms with Crippen LogP contribution in [0.2, 0.25) is 0 Å². The van der Waals surface area contributed by atoms with E-state index in [0.717, 1.165) is 4.90 Å². The number of carbonyl (C=O) groups excluding carboxylic acids is 10. The molecule has 1 aliphatic rings. The number of likely N-dealkylation sites (N-methyl/N-ethyl adjacent to an activating group) is 2. The van der Waals surface area contributed by atoms with Gasteiger partial charge in [0, 0.05) is 33.6 Å². The molecular weight excluding hydrogens is 919 g/mol. The Balaban J connectivity index is 3.29. The van der Waals surface area contributed by atoms with E-state index in [2.05, 4.69) is 47.5 Å². The van der Waals surface area contributed by atoms with E-state index in [4.69, 9.17) is 11.5 Å². The Kier molecular flexibility index (Phi) is 27.0. The summed E-state index contributed by atoms with van der Waals surface area (Å²) in [5, 5.41) is 40.5. The van der Waals surface area contributed by atoms with Crippen molar-refractivity contribution in [2.24, 2.45) is 28.3 Å². The summed E-state index contributed by atoms with van der Waals surface area (Å²) in [4.78, 5) is 150. The first-order valence-electron chi connectivity index (χ1n) is 23.6. The molecule has 70 heavy (non-hydrogen) atoms. The van der Waals surface area contributed by atoms with E-state index in [1.165, 1.54) is 25.8 Å². The molecule has 0 aromatic carbocycles. The zero-order valence-corrected chi connectivity index (χ0v) is 41.8. The molecule has 0 spiro atoms. The lowest BCUT2D eigenvalue weighted by atomic mass is 9.99. The summed E-state index contributed by atoms with van der Waals surface area (Å²) in [5.74, 6) is -9.92. The number of nitrogens with two attached hydrogens (primary N) is 2. The molecule has 396 valence electrons. The van der Waals surface area contributed by atoms with Gasteiger partial charge in [-0.2, -0.15) is 0 Å². The monoisotopic (exact) mass is 996 g/mol. The summed E-state index contributed by atoms with van der Waals surface area (Å²) in [7, 11) is 1.41. The highest BCUT2D eigenvalue weighted by Gasteiger charge is 2.39. The molecule has 0 aromatic rings. The highest BCUT2D eigenvalue weighted by molar-refractivity contribution is 5.99. The van der Waals surface area contributed by atoms with Gasteiger partial charge in [0.15, 0.2) is 5.96 Å². The predicted octanol–water partition coefficient (Wildman–Crippen LogP) is -3.97. The molecule has 0 bridgehead atoms. The van der Waals surface area contributed by atoms with Crippen LogP contribution in [0.15, 0.2) is 4.99 Å². The number of hydrogen-bond acceptors (Lipinski definition) is 13. The molecule has 0 aliphatic carbocycles. The number of hydrogen-bond donors (Lipinski definition) is 12. The lowest BCUT2D eigenvalue weighted by Gasteiger charge is -2.30. The Hall–Kier alpha value is -6.60. The fourth-order valence-corrected chi connectivity index (χ4v) is 7.25. The number of aliphatic hydroxyl groups excluding tert-OH is 1. The van der Waals surface area contributed by atoms with Crippen LogP contribution in [0.25, 0.3) is 0 Å². The van der Waals surface area contributed by atoms with Gasteiger partial charge in [-0.15, -0.1) is 0 Å². The molecule has 1 saturated heterocycles. The van der Waals surface area contributed by atoms with Crippen molar-refractivity contribution in [2.45, 2.75) is 155 Å². The second kappa shape index (κ2) is 30.8. The SMILES string of the molecule is CCC[C@H](NC(=O)[C@@H](NC(=O)[C@@H](CC(C)C)NC(=O)[C@@H](NC(=O)CNC(=O)CN(C)C(C)=O)C(C)C)[C@@H](C)O)C(=O)N[C@@H](CC(=O)O)C(=O)N[C@@H](CCCN=C(N)N)C(=O)N1CCC[C@H]1C(=O)NCC. The van der Waals surface area contributed by atoms with Crippen LogP contribution in [0, 0.1) is 11.8 Å².